The fraction of sp³-hybridized carbons (Fsp3) is 0.429. The Hall–Kier alpha value is -1.73. The van der Waals surface area contributed by atoms with Crippen molar-refractivity contribution in [3.63, 3.8) is 0 Å². The number of rotatable bonds is 5. The minimum absolute atomic E-state index is 0.0392. The Labute approximate surface area is 118 Å². The molecule has 0 radical (unpaired) electrons. The topological polar surface area (TPSA) is 53.3 Å². The zero-order valence-electron chi connectivity index (χ0n) is 11.4. The number of ether oxygens (including phenoxy) is 1. The number of amides is 1. The largest absolute Gasteiger partial charge is 0.484 e. The van der Waals surface area contributed by atoms with E-state index in [0.717, 1.165) is 11.1 Å². The molecule has 0 aliphatic rings. The van der Waals surface area contributed by atoms with Gasteiger partial charge in [0.1, 0.15) is 5.75 Å². The van der Waals surface area contributed by atoms with E-state index in [0.29, 0.717) is 23.7 Å². The summed E-state index contributed by atoms with van der Waals surface area (Å²) in [6.07, 6.45) is 0.321. The van der Waals surface area contributed by atoms with Gasteiger partial charge < -0.3 is 9.64 Å². The van der Waals surface area contributed by atoms with E-state index in [2.05, 4.69) is 0 Å². The van der Waals surface area contributed by atoms with Gasteiger partial charge in [-0.2, -0.15) is 5.26 Å². The molecule has 0 saturated heterocycles. The van der Waals surface area contributed by atoms with E-state index in [1.807, 2.05) is 19.9 Å². The van der Waals surface area contributed by atoms with Gasteiger partial charge in [-0.1, -0.05) is 11.6 Å². The van der Waals surface area contributed by atoms with Crippen LogP contribution in [0.5, 0.6) is 5.75 Å². The quantitative estimate of drug-likeness (QED) is 0.833. The predicted molar refractivity (Wildman–Crippen MR) is 74.3 cm³/mol. The van der Waals surface area contributed by atoms with E-state index < -0.39 is 0 Å². The minimum Gasteiger partial charge on any atom is -0.484 e. The summed E-state index contributed by atoms with van der Waals surface area (Å²) in [7, 11) is 1.65. The highest BCUT2D eigenvalue weighted by Gasteiger charge is 2.10. The highest BCUT2D eigenvalue weighted by atomic mass is 35.5. The lowest BCUT2D eigenvalue weighted by atomic mass is 10.1. The van der Waals surface area contributed by atoms with Crippen molar-refractivity contribution in [2.75, 3.05) is 20.2 Å². The van der Waals surface area contributed by atoms with Crippen molar-refractivity contribution in [2.45, 2.75) is 20.3 Å². The van der Waals surface area contributed by atoms with Gasteiger partial charge in [0, 0.05) is 18.6 Å². The Balaban J connectivity index is 2.58. The average molecular weight is 281 g/mol. The molecule has 0 fully saturated rings. The van der Waals surface area contributed by atoms with Crippen LogP contribution in [-0.4, -0.2) is 31.0 Å². The summed E-state index contributed by atoms with van der Waals surface area (Å²) in [4.78, 5) is 13.2. The molecule has 0 aromatic heterocycles. The Morgan fingerprint density at radius 3 is 2.53 bits per heavy atom. The molecule has 1 rings (SSSR count). The van der Waals surface area contributed by atoms with E-state index in [4.69, 9.17) is 21.6 Å². The first-order chi connectivity index (χ1) is 8.95. The zero-order valence-corrected chi connectivity index (χ0v) is 12.1. The normalized spacial score (nSPS) is 9.84. The van der Waals surface area contributed by atoms with E-state index in [1.165, 1.54) is 4.90 Å². The molecule has 1 aromatic rings. The van der Waals surface area contributed by atoms with Crippen molar-refractivity contribution in [1.82, 2.24) is 4.90 Å². The Bertz CT molecular complexity index is 486. The zero-order chi connectivity index (χ0) is 14.4. The van der Waals surface area contributed by atoms with Crippen molar-refractivity contribution in [2.24, 2.45) is 0 Å². The lowest BCUT2D eigenvalue weighted by molar-refractivity contribution is -0.131. The van der Waals surface area contributed by atoms with Gasteiger partial charge in [-0.3, -0.25) is 4.79 Å². The highest BCUT2D eigenvalue weighted by molar-refractivity contribution is 6.32. The average Bonchev–Trinajstić information content (AvgIpc) is 2.39. The van der Waals surface area contributed by atoms with Crippen LogP contribution in [0.25, 0.3) is 0 Å². The molecule has 0 saturated carbocycles. The summed E-state index contributed by atoms with van der Waals surface area (Å²) in [5.41, 5.74) is 1.84. The van der Waals surface area contributed by atoms with Crippen LogP contribution in [0.2, 0.25) is 5.02 Å². The number of carbonyl (C=O) groups excluding carboxylic acids is 1. The number of carbonyl (C=O) groups is 1. The SMILES string of the molecule is Cc1cc(OCC(=O)N(C)CCC#N)cc(C)c1Cl. The number of hydrogen-bond acceptors (Lipinski definition) is 3. The second-order valence-electron chi connectivity index (χ2n) is 4.38. The van der Waals surface area contributed by atoms with Crippen LogP contribution in [-0.2, 0) is 4.79 Å². The van der Waals surface area contributed by atoms with Crippen LogP contribution in [0.4, 0.5) is 0 Å². The molecule has 0 unspecified atom stereocenters. The molecule has 0 heterocycles. The number of nitriles is 1. The van der Waals surface area contributed by atoms with Crippen LogP contribution in [0.15, 0.2) is 12.1 Å². The first-order valence-corrected chi connectivity index (χ1v) is 6.34. The van der Waals surface area contributed by atoms with Gasteiger partial charge in [-0.15, -0.1) is 0 Å². The van der Waals surface area contributed by atoms with Crippen LogP contribution in [0.1, 0.15) is 17.5 Å². The molecule has 0 atom stereocenters. The number of likely N-dealkylation sites (N-methyl/N-ethyl adjacent to an activating group) is 1. The van der Waals surface area contributed by atoms with Crippen molar-refractivity contribution in [3.05, 3.63) is 28.3 Å². The number of nitrogens with zero attached hydrogens (tertiary/aromatic N) is 2. The van der Waals surface area contributed by atoms with Crippen LogP contribution >= 0.6 is 11.6 Å². The van der Waals surface area contributed by atoms with Crippen molar-refractivity contribution < 1.29 is 9.53 Å². The number of halogens is 1. The molecular formula is C14H17ClN2O2. The smallest absolute Gasteiger partial charge is 0.260 e. The third kappa shape index (κ3) is 4.46. The van der Waals surface area contributed by atoms with Crippen molar-refractivity contribution in [1.29, 1.82) is 5.26 Å². The van der Waals surface area contributed by atoms with Gasteiger partial charge in [-0.05, 0) is 37.1 Å². The molecule has 0 aliphatic carbocycles. The first kappa shape index (κ1) is 15.3. The van der Waals surface area contributed by atoms with Gasteiger partial charge >= 0.3 is 0 Å². The summed E-state index contributed by atoms with van der Waals surface area (Å²) in [5.74, 6) is 0.474. The maximum atomic E-state index is 11.7. The first-order valence-electron chi connectivity index (χ1n) is 5.96. The van der Waals surface area contributed by atoms with Crippen molar-refractivity contribution >= 4 is 17.5 Å². The molecule has 0 N–H and O–H groups in total. The maximum Gasteiger partial charge on any atom is 0.260 e. The maximum absolute atomic E-state index is 11.7. The van der Waals surface area contributed by atoms with Crippen molar-refractivity contribution in [3.8, 4) is 11.8 Å². The van der Waals surface area contributed by atoms with Gasteiger partial charge in [0.25, 0.3) is 5.91 Å². The fourth-order valence-electron chi connectivity index (χ4n) is 1.59. The van der Waals surface area contributed by atoms with Crippen LogP contribution in [0, 0.1) is 25.2 Å². The third-order valence-corrected chi connectivity index (χ3v) is 3.35. The second-order valence-corrected chi connectivity index (χ2v) is 4.76. The van der Waals surface area contributed by atoms with E-state index >= 15 is 0 Å². The summed E-state index contributed by atoms with van der Waals surface area (Å²) in [6, 6.07) is 5.61. The predicted octanol–water partition coefficient (Wildman–Crippen LogP) is 2.71. The Morgan fingerprint density at radius 2 is 2.00 bits per heavy atom. The van der Waals surface area contributed by atoms with E-state index in [9.17, 15) is 4.79 Å². The lowest BCUT2D eigenvalue weighted by Gasteiger charge is -2.16. The Kier molecular flexibility index (Phi) is 5.65. The third-order valence-electron chi connectivity index (χ3n) is 2.76. The summed E-state index contributed by atoms with van der Waals surface area (Å²) >= 11 is 6.06. The van der Waals surface area contributed by atoms with Crippen LogP contribution < -0.4 is 4.74 Å². The molecule has 5 heteroatoms. The monoisotopic (exact) mass is 280 g/mol. The molecule has 19 heavy (non-hydrogen) atoms. The number of aryl methyl sites for hydroxylation is 2. The lowest BCUT2D eigenvalue weighted by Crippen LogP contribution is -2.32. The molecule has 0 bridgehead atoms. The second kappa shape index (κ2) is 7.01. The van der Waals surface area contributed by atoms with Gasteiger partial charge in [0.15, 0.2) is 6.61 Å². The number of benzene rings is 1. The molecule has 0 spiro atoms. The minimum atomic E-state index is -0.152. The van der Waals surface area contributed by atoms with E-state index in [1.54, 1.807) is 19.2 Å². The summed E-state index contributed by atoms with van der Waals surface area (Å²) in [5, 5.41) is 9.17. The molecular weight excluding hydrogens is 264 g/mol. The summed E-state index contributed by atoms with van der Waals surface area (Å²) in [6.45, 7) is 4.16. The molecule has 102 valence electrons. The van der Waals surface area contributed by atoms with E-state index in [-0.39, 0.29) is 12.5 Å². The van der Waals surface area contributed by atoms with Gasteiger partial charge in [-0.25, -0.2) is 0 Å². The standard InChI is InChI=1S/C14H17ClN2O2/c1-10-7-12(8-11(2)14(10)15)19-9-13(18)17(3)6-4-5-16/h7-8H,4,6,9H2,1-3H3. The number of hydrogen-bond donors (Lipinski definition) is 0. The Morgan fingerprint density at radius 1 is 1.42 bits per heavy atom. The van der Waals surface area contributed by atoms with Gasteiger partial charge in [0.2, 0.25) is 0 Å². The summed E-state index contributed by atoms with van der Waals surface area (Å²) < 4.78 is 5.45. The molecule has 1 amide bonds. The molecule has 1 aromatic carbocycles. The molecule has 4 nitrogen and oxygen atoms in total. The fourth-order valence-corrected chi connectivity index (χ4v) is 1.70. The van der Waals surface area contributed by atoms with Crippen LogP contribution in [0.3, 0.4) is 0 Å². The van der Waals surface area contributed by atoms with Gasteiger partial charge in [0.05, 0.1) is 12.5 Å². The highest BCUT2D eigenvalue weighted by Crippen LogP contribution is 2.25. The molecule has 0 aliphatic heterocycles.